The van der Waals surface area contributed by atoms with Crippen LogP contribution in [0.2, 0.25) is 0 Å². The lowest BCUT2D eigenvalue weighted by atomic mass is 9.89. The van der Waals surface area contributed by atoms with Gasteiger partial charge in [-0.2, -0.15) is 0 Å². The lowest BCUT2D eigenvalue weighted by molar-refractivity contribution is 0.155. The van der Waals surface area contributed by atoms with Crippen molar-refractivity contribution in [3.05, 3.63) is 12.7 Å². The van der Waals surface area contributed by atoms with Crippen LogP contribution in [0.15, 0.2) is 12.7 Å². The summed E-state index contributed by atoms with van der Waals surface area (Å²) in [5, 5.41) is 12.3. The van der Waals surface area contributed by atoms with Gasteiger partial charge in [0, 0.05) is 26.2 Å². The molecule has 1 aliphatic rings. The summed E-state index contributed by atoms with van der Waals surface area (Å²) in [5.74, 6) is 0. The molecule has 2 N–H and O–H groups in total. The van der Waals surface area contributed by atoms with Gasteiger partial charge < -0.3 is 10.4 Å². The minimum Gasteiger partial charge on any atom is -0.395 e. The van der Waals surface area contributed by atoms with Gasteiger partial charge in [-0.3, -0.25) is 4.90 Å². The molecule has 1 aliphatic heterocycles. The van der Waals surface area contributed by atoms with Crippen molar-refractivity contribution in [2.45, 2.75) is 13.3 Å². The molecule has 14 heavy (non-hydrogen) atoms. The van der Waals surface area contributed by atoms with Crippen molar-refractivity contribution in [3.8, 4) is 0 Å². The number of nitrogens with zero attached hydrogens (tertiary/aromatic N) is 1. The lowest BCUT2D eigenvalue weighted by Gasteiger charge is -2.30. The molecule has 1 atom stereocenters. The monoisotopic (exact) mass is 198 g/mol. The lowest BCUT2D eigenvalue weighted by Crippen LogP contribution is -2.39. The summed E-state index contributed by atoms with van der Waals surface area (Å²) in [6, 6.07) is 0. The molecular weight excluding hydrogens is 176 g/mol. The number of hydrogen-bond donors (Lipinski definition) is 2. The van der Waals surface area contributed by atoms with Crippen LogP contribution in [0.4, 0.5) is 0 Å². The maximum absolute atomic E-state index is 8.93. The van der Waals surface area contributed by atoms with Crippen molar-refractivity contribution in [2.75, 3.05) is 39.3 Å². The van der Waals surface area contributed by atoms with E-state index < -0.39 is 0 Å². The van der Waals surface area contributed by atoms with Crippen molar-refractivity contribution in [3.63, 3.8) is 0 Å². The van der Waals surface area contributed by atoms with Gasteiger partial charge in [0.1, 0.15) is 0 Å². The first-order valence-corrected chi connectivity index (χ1v) is 5.35. The number of hydrogen-bond acceptors (Lipinski definition) is 3. The van der Waals surface area contributed by atoms with Crippen LogP contribution < -0.4 is 5.32 Å². The second-order valence-corrected chi connectivity index (χ2v) is 4.48. The Labute approximate surface area is 86.8 Å². The SMILES string of the molecule is C=CCN(CCO)CC1(C)CCNC1. The first-order chi connectivity index (χ1) is 6.70. The number of nitrogens with one attached hydrogen (secondary N) is 1. The standard InChI is InChI=1S/C11H22N2O/c1-3-6-13(7-8-14)10-11(2)4-5-12-9-11/h3,12,14H,1,4-10H2,2H3. The molecular formula is C11H22N2O. The molecule has 0 spiro atoms. The average Bonchev–Trinajstić information content (AvgIpc) is 2.53. The first-order valence-electron chi connectivity index (χ1n) is 5.35. The van der Waals surface area contributed by atoms with Crippen LogP contribution in [-0.4, -0.2) is 49.3 Å². The number of aliphatic hydroxyl groups is 1. The molecule has 1 unspecified atom stereocenters. The van der Waals surface area contributed by atoms with E-state index in [0.717, 1.165) is 32.7 Å². The zero-order valence-corrected chi connectivity index (χ0v) is 9.13. The van der Waals surface area contributed by atoms with E-state index in [2.05, 4.69) is 23.7 Å². The molecule has 0 bridgehead atoms. The summed E-state index contributed by atoms with van der Waals surface area (Å²) in [6.45, 7) is 11.2. The molecule has 1 fully saturated rings. The van der Waals surface area contributed by atoms with E-state index in [9.17, 15) is 0 Å². The van der Waals surface area contributed by atoms with Gasteiger partial charge in [0.25, 0.3) is 0 Å². The molecule has 1 saturated heterocycles. The second-order valence-electron chi connectivity index (χ2n) is 4.48. The molecule has 0 amide bonds. The fourth-order valence-electron chi connectivity index (χ4n) is 2.10. The first kappa shape index (κ1) is 11.7. The average molecular weight is 198 g/mol. The predicted molar refractivity (Wildman–Crippen MR) is 59.3 cm³/mol. The summed E-state index contributed by atoms with van der Waals surface area (Å²) < 4.78 is 0. The Balaban J connectivity index is 2.40. The molecule has 82 valence electrons. The van der Waals surface area contributed by atoms with Gasteiger partial charge in [-0.05, 0) is 18.4 Å². The van der Waals surface area contributed by atoms with Crippen molar-refractivity contribution in [2.24, 2.45) is 5.41 Å². The fraction of sp³-hybridized carbons (Fsp3) is 0.818. The van der Waals surface area contributed by atoms with E-state index in [-0.39, 0.29) is 6.61 Å². The Morgan fingerprint density at radius 3 is 2.93 bits per heavy atom. The third-order valence-electron chi connectivity index (χ3n) is 2.87. The largest absolute Gasteiger partial charge is 0.395 e. The number of rotatable bonds is 6. The van der Waals surface area contributed by atoms with Crippen LogP contribution in [0.1, 0.15) is 13.3 Å². The fourth-order valence-corrected chi connectivity index (χ4v) is 2.10. The smallest absolute Gasteiger partial charge is 0.0558 e. The highest BCUT2D eigenvalue weighted by atomic mass is 16.3. The minimum atomic E-state index is 0.233. The highest BCUT2D eigenvalue weighted by Crippen LogP contribution is 2.25. The van der Waals surface area contributed by atoms with E-state index in [1.807, 2.05) is 6.08 Å². The third-order valence-corrected chi connectivity index (χ3v) is 2.87. The van der Waals surface area contributed by atoms with Crippen molar-refractivity contribution < 1.29 is 5.11 Å². The van der Waals surface area contributed by atoms with E-state index in [1.165, 1.54) is 6.42 Å². The molecule has 0 aromatic rings. The zero-order chi connectivity index (χ0) is 10.4. The summed E-state index contributed by atoms with van der Waals surface area (Å²) in [5.41, 5.74) is 0.373. The van der Waals surface area contributed by atoms with E-state index >= 15 is 0 Å². The Kier molecular flexibility index (Phi) is 4.58. The van der Waals surface area contributed by atoms with E-state index in [0.29, 0.717) is 5.41 Å². The van der Waals surface area contributed by atoms with Crippen LogP contribution in [0.5, 0.6) is 0 Å². The van der Waals surface area contributed by atoms with Crippen LogP contribution in [0.3, 0.4) is 0 Å². The summed E-state index contributed by atoms with van der Waals surface area (Å²) >= 11 is 0. The highest BCUT2D eigenvalue weighted by Gasteiger charge is 2.29. The summed E-state index contributed by atoms with van der Waals surface area (Å²) in [7, 11) is 0. The molecule has 0 radical (unpaired) electrons. The normalized spacial score (nSPS) is 27.1. The van der Waals surface area contributed by atoms with Gasteiger partial charge in [-0.15, -0.1) is 6.58 Å². The van der Waals surface area contributed by atoms with E-state index in [1.54, 1.807) is 0 Å². The highest BCUT2D eigenvalue weighted by molar-refractivity contribution is 4.88. The number of aliphatic hydroxyl groups excluding tert-OH is 1. The van der Waals surface area contributed by atoms with Crippen LogP contribution in [0.25, 0.3) is 0 Å². The second kappa shape index (κ2) is 5.49. The molecule has 3 nitrogen and oxygen atoms in total. The Hall–Kier alpha value is -0.380. The zero-order valence-electron chi connectivity index (χ0n) is 9.13. The Bertz CT molecular complexity index is 176. The Morgan fingerprint density at radius 1 is 1.64 bits per heavy atom. The predicted octanol–water partition coefficient (Wildman–Crippen LogP) is 0.466. The maximum atomic E-state index is 8.93. The van der Waals surface area contributed by atoms with Gasteiger partial charge in [0.2, 0.25) is 0 Å². The van der Waals surface area contributed by atoms with Crippen molar-refractivity contribution in [1.82, 2.24) is 10.2 Å². The molecule has 1 rings (SSSR count). The van der Waals surface area contributed by atoms with Crippen molar-refractivity contribution >= 4 is 0 Å². The summed E-state index contributed by atoms with van der Waals surface area (Å²) in [4.78, 5) is 2.26. The summed E-state index contributed by atoms with van der Waals surface area (Å²) in [6.07, 6.45) is 3.13. The van der Waals surface area contributed by atoms with Crippen LogP contribution in [0, 0.1) is 5.41 Å². The van der Waals surface area contributed by atoms with Gasteiger partial charge in [-0.25, -0.2) is 0 Å². The maximum Gasteiger partial charge on any atom is 0.0558 e. The van der Waals surface area contributed by atoms with Crippen LogP contribution in [-0.2, 0) is 0 Å². The quantitative estimate of drug-likeness (QED) is 0.609. The molecule has 3 heteroatoms. The van der Waals surface area contributed by atoms with E-state index in [4.69, 9.17) is 5.11 Å². The molecule has 0 saturated carbocycles. The van der Waals surface area contributed by atoms with Gasteiger partial charge in [0.15, 0.2) is 0 Å². The molecule has 0 aliphatic carbocycles. The van der Waals surface area contributed by atoms with Crippen LogP contribution >= 0.6 is 0 Å². The minimum absolute atomic E-state index is 0.233. The van der Waals surface area contributed by atoms with Crippen molar-refractivity contribution in [1.29, 1.82) is 0 Å². The molecule has 1 heterocycles. The molecule has 0 aromatic carbocycles. The topological polar surface area (TPSA) is 35.5 Å². The Morgan fingerprint density at radius 2 is 2.43 bits per heavy atom. The van der Waals surface area contributed by atoms with Gasteiger partial charge in [-0.1, -0.05) is 13.0 Å². The third kappa shape index (κ3) is 3.40. The molecule has 0 aromatic heterocycles. The van der Waals surface area contributed by atoms with Gasteiger partial charge in [0.05, 0.1) is 6.61 Å². The van der Waals surface area contributed by atoms with Gasteiger partial charge >= 0.3 is 0 Å².